The van der Waals surface area contributed by atoms with Crippen molar-refractivity contribution in [1.82, 2.24) is 4.98 Å². The summed E-state index contributed by atoms with van der Waals surface area (Å²) in [5, 5.41) is 9.79. The van der Waals surface area contributed by atoms with Crippen LogP contribution in [0.2, 0.25) is 0 Å². The molecular weight excluding hydrogens is 216 g/mol. The molecule has 4 nitrogen and oxygen atoms in total. The molecule has 0 saturated carbocycles. The Kier molecular flexibility index (Phi) is 2.95. The highest BCUT2D eigenvalue weighted by atomic mass is 16.4. The zero-order valence-corrected chi connectivity index (χ0v) is 9.84. The minimum Gasteiger partial charge on any atom is -0.480 e. The van der Waals surface area contributed by atoms with Crippen molar-refractivity contribution in [3.05, 3.63) is 35.9 Å². The lowest BCUT2D eigenvalue weighted by atomic mass is 10.1. The summed E-state index contributed by atoms with van der Waals surface area (Å²) in [5.41, 5.74) is 2.03. The highest BCUT2D eigenvalue weighted by Gasteiger charge is 2.07. The molecule has 1 aromatic carbocycles. The van der Waals surface area contributed by atoms with Gasteiger partial charge in [-0.3, -0.25) is 4.79 Å². The van der Waals surface area contributed by atoms with E-state index in [0.717, 1.165) is 16.5 Å². The molecule has 17 heavy (non-hydrogen) atoms. The van der Waals surface area contributed by atoms with E-state index in [2.05, 4.69) is 4.98 Å². The Morgan fingerprint density at radius 2 is 2.06 bits per heavy atom. The predicted molar refractivity (Wildman–Crippen MR) is 67.4 cm³/mol. The van der Waals surface area contributed by atoms with E-state index in [1.165, 1.54) is 0 Å². The molecular formula is C13H14N2O2. The van der Waals surface area contributed by atoms with Crippen LogP contribution in [0, 0.1) is 6.92 Å². The summed E-state index contributed by atoms with van der Waals surface area (Å²) in [7, 11) is 1.72. The van der Waals surface area contributed by atoms with E-state index in [-0.39, 0.29) is 6.54 Å². The van der Waals surface area contributed by atoms with Gasteiger partial charge in [0.1, 0.15) is 12.4 Å². The number of benzene rings is 1. The van der Waals surface area contributed by atoms with E-state index in [1.54, 1.807) is 11.9 Å². The van der Waals surface area contributed by atoms with Crippen LogP contribution in [0.1, 0.15) is 5.56 Å². The summed E-state index contributed by atoms with van der Waals surface area (Å²) >= 11 is 0. The molecule has 1 aromatic heterocycles. The summed E-state index contributed by atoms with van der Waals surface area (Å²) in [4.78, 5) is 16.7. The van der Waals surface area contributed by atoms with Crippen molar-refractivity contribution in [2.24, 2.45) is 0 Å². The number of hydrogen-bond donors (Lipinski definition) is 1. The number of pyridine rings is 1. The minimum absolute atomic E-state index is 0.0513. The molecule has 88 valence electrons. The normalized spacial score (nSPS) is 10.5. The van der Waals surface area contributed by atoms with Crippen LogP contribution in [-0.4, -0.2) is 29.7 Å². The lowest BCUT2D eigenvalue weighted by molar-refractivity contribution is -0.135. The average molecular weight is 230 g/mol. The number of carbonyl (C=O) groups is 1. The number of likely N-dealkylation sites (N-methyl/N-ethyl adjacent to an activating group) is 1. The molecule has 0 fully saturated rings. The van der Waals surface area contributed by atoms with Gasteiger partial charge in [-0.1, -0.05) is 12.1 Å². The third kappa shape index (κ3) is 2.53. The topological polar surface area (TPSA) is 53.4 Å². The van der Waals surface area contributed by atoms with Crippen molar-refractivity contribution in [2.45, 2.75) is 6.92 Å². The van der Waals surface area contributed by atoms with Gasteiger partial charge >= 0.3 is 5.97 Å². The standard InChI is InChI=1S/C13H14N2O2/c1-9-3-4-10-5-6-12(14-11(10)7-9)15(2)8-13(16)17/h3-7H,8H2,1-2H3,(H,16,17). The molecule has 0 atom stereocenters. The monoisotopic (exact) mass is 230 g/mol. The lowest BCUT2D eigenvalue weighted by Gasteiger charge is -2.15. The second-order valence-corrected chi connectivity index (χ2v) is 4.12. The van der Waals surface area contributed by atoms with Gasteiger partial charge in [-0.15, -0.1) is 0 Å². The number of hydrogen-bond acceptors (Lipinski definition) is 3. The Balaban J connectivity index is 2.39. The molecule has 2 aromatic rings. The fraction of sp³-hybridized carbons (Fsp3) is 0.231. The fourth-order valence-electron chi connectivity index (χ4n) is 1.71. The summed E-state index contributed by atoms with van der Waals surface area (Å²) in [5.74, 6) is -0.191. The van der Waals surface area contributed by atoms with Crippen LogP contribution in [0.3, 0.4) is 0 Å². The van der Waals surface area contributed by atoms with Crippen LogP contribution in [-0.2, 0) is 4.79 Å². The summed E-state index contributed by atoms with van der Waals surface area (Å²) < 4.78 is 0. The maximum Gasteiger partial charge on any atom is 0.323 e. The smallest absolute Gasteiger partial charge is 0.323 e. The number of aromatic nitrogens is 1. The maximum absolute atomic E-state index is 10.6. The van der Waals surface area contributed by atoms with Gasteiger partial charge in [-0.2, -0.15) is 0 Å². The lowest BCUT2D eigenvalue weighted by Crippen LogP contribution is -2.25. The molecule has 1 N–H and O–H groups in total. The van der Waals surface area contributed by atoms with Gasteiger partial charge in [-0.05, 0) is 30.7 Å². The van der Waals surface area contributed by atoms with Gasteiger partial charge in [-0.25, -0.2) is 4.98 Å². The van der Waals surface area contributed by atoms with Crippen molar-refractivity contribution >= 4 is 22.7 Å². The highest BCUT2D eigenvalue weighted by Crippen LogP contribution is 2.18. The number of aryl methyl sites for hydroxylation is 1. The fourth-order valence-corrected chi connectivity index (χ4v) is 1.71. The Bertz CT molecular complexity index is 566. The predicted octanol–water partition coefficient (Wildman–Crippen LogP) is 2.06. The van der Waals surface area contributed by atoms with Crippen LogP contribution in [0.25, 0.3) is 10.9 Å². The highest BCUT2D eigenvalue weighted by molar-refractivity contribution is 5.81. The second kappa shape index (κ2) is 4.41. The van der Waals surface area contributed by atoms with Crippen molar-refractivity contribution in [3.8, 4) is 0 Å². The molecule has 0 aliphatic rings. The number of rotatable bonds is 3. The second-order valence-electron chi connectivity index (χ2n) is 4.12. The summed E-state index contributed by atoms with van der Waals surface area (Å²) in [6.45, 7) is 1.96. The van der Waals surface area contributed by atoms with E-state index < -0.39 is 5.97 Å². The van der Waals surface area contributed by atoms with E-state index in [0.29, 0.717) is 5.82 Å². The number of nitrogens with zero attached hydrogens (tertiary/aromatic N) is 2. The minimum atomic E-state index is -0.862. The number of aliphatic carboxylic acids is 1. The van der Waals surface area contributed by atoms with Crippen LogP contribution in [0.15, 0.2) is 30.3 Å². The molecule has 0 spiro atoms. The summed E-state index contributed by atoms with van der Waals surface area (Å²) in [6, 6.07) is 9.83. The Morgan fingerprint density at radius 3 is 2.76 bits per heavy atom. The quantitative estimate of drug-likeness (QED) is 0.877. The van der Waals surface area contributed by atoms with Crippen molar-refractivity contribution in [1.29, 1.82) is 0 Å². The number of fused-ring (bicyclic) bond motifs is 1. The van der Waals surface area contributed by atoms with Gasteiger partial charge in [0.2, 0.25) is 0 Å². The Morgan fingerprint density at radius 1 is 1.35 bits per heavy atom. The molecule has 0 radical (unpaired) electrons. The molecule has 0 aliphatic heterocycles. The van der Waals surface area contributed by atoms with E-state index in [4.69, 9.17) is 5.11 Å². The largest absolute Gasteiger partial charge is 0.480 e. The molecule has 0 unspecified atom stereocenters. The first kappa shape index (κ1) is 11.4. The SMILES string of the molecule is Cc1ccc2ccc(N(C)CC(=O)O)nc2c1. The third-order valence-electron chi connectivity index (χ3n) is 2.60. The molecule has 0 bridgehead atoms. The van der Waals surface area contributed by atoms with Gasteiger partial charge < -0.3 is 10.0 Å². The number of carboxylic acids is 1. The van der Waals surface area contributed by atoms with E-state index in [1.807, 2.05) is 37.3 Å². The maximum atomic E-state index is 10.6. The average Bonchev–Trinajstić information content (AvgIpc) is 2.27. The molecule has 0 aliphatic carbocycles. The Hall–Kier alpha value is -2.10. The van der Waals surface area contributed by atoms with Gasteiger partial charge in [0.15, 0.2) is 0 Å². The molecule has 0 amide bonds. The first-order valence-electron chi connectivity index (χ1n) is 5.36. The van der Waals surface area contributed by atoms with Crippen molar-refractivity contribution < 1.29 is 9.90 Å². The van der Waals surface area contributed by atoms with Gasteiger partial charge in [0, 0.05) is 12.4 Å². The molecule has 4 heteroatoms. The zero-order valence-electron chi connectivity index (χ0n) is 9.84. The Labute approximate surface area is 99.5 Å². The molecule has 1 heterocycles. The number of carboxylic acid groups (broad SMARTS) is 1. The first-order chi connectivity index (χ1) is 8.06. The van der Waals surface area contributed by atoms with Crippen LogP contribution in [0.4, 0.5) is 5.82 Å². The third-order valence-corrected chi connectivity index (χ3v) is 2.60. The van der Waals surface area contributed by atoms with E-state index in [9.17, 15) is 4.79 Å². The summed E-state index contributed by atoms with van der Waals surface area (Å²) in [6.07, 6.45) is 0. The van der Waals surface area contributed by atoms with Crippen molar-refractivity contribution in [3.63, 3.8) is 0 Å². The molecule has 2 rings (SSSR count). The zero-order chi connectivity index (χ0) is 12.4. The van der Waals surface area contributed by atoms with Crippen molar-refractivity contribution in [2.75, 3.05) is 18.5 Å². The first-order valence-corrected chi connectivity index (χ1v) is 5.36. The van der Waals surface area contributed by atoms with E-state index >= 15 is 0 Å². The van der Waals surface area contributed by atoms with Crippen LogP contribution in [0.5, 0.6) is 0 Å². The van der Waals surface area contributed by atoms with Gasteiger partial charge in [0.05, 0.1) is 5.52 Å². The van der Waals surface area contributed by atoms with Crippen LogP contribution >= 0.6 is 0 Å². The number of anilines is 1. The molecule has 0 saturated heterocycles. The van der Waals surface area contributed by atoms with Crippen LogP contribution < -0.4 is 4.90 Å². The van der Waals surface area contributed by atoms with Gasteiger partial charge in [0.25, 0.3) is 0 Å².